The highest BCUT2D eigenvalue weighted by molar-refractivity contribution is 4.73. The minimum atomic E-state index is 0.244. The van der Waals surface area contributed by atoms with Gasteiger partial charge in [0.1, 0.15) is 0 Å². The van der Waals surface area contributed by atoms with Crippen molar-refractivity contribution in [1.29, 1.82) is 0 Å². The van der Waals surface area contributed by atoms with Crippen LogP contribution in [0.4, 0.5) is 0 Å². The second kappa shape index (κ2) is 4.66. The van der Waals surface area contributed by atoms with Crippen molar-refractivity contribution in [3.05, 3.63) is 0 Å². The molecule has 3 nitrogen and oxygen atoms in total. The molecule has 1 saturated heterocycles. The van der Waals surface area contributed by atoms with Crippen LogP contribution in [0, 0.1) is 0 Å². The molecule has 2 N–H and O–H groups in total. The Hall–Kier alpha value is -0.120. The van der Waals surface area contributed by atoms with Crippen molar-refractivity contribution < 1.29 is 5.11 Å². The zero-order valence-corrected chi connectivity index (χ0v) is 6.21. The zero-order valence-electron chi connectivity index (χ0n) is 6.21. The number of rotatable bonds is 3. The molecular formula is C7H15N2O. The van der Waals surface area contributed by atoms with Gasteiger partial charge in [-0.2, -0.15) is 0 Å². The first-order valence-electron chi connectivity index (χ1n) is 3.91. The molecule has 0 aromatic heterocycles. The summed E-state index contributed by atoms with van der Waals surface area (Å²) in [6.07, 6.45) is 2.28. The van der Waals surface area contributed by atoms with E-state index in [1.165, 1.54) is 0 Å². The Kier molecular flexibility index (Phi) is 3.72. The lowest BCUT2D eigenvalue weighted by Crippen LogP contribution is -2.38. The molecule has 59 valence electrons. The summed E-state index contributed by atoms with van der Waals surface area (Å²) in [5, 5.41) is 16.0. The molecule has 0 unspecified atom stereocenters. The van der Waals surface area contributed by atoms with E-state index in [9.17, 15) is 0 Å². The molecule has 1 aliphatic heterocycles. The third-order valence-corrected chi connectivity index (χ3v) is 1.82. The average Bonchev–Trinajstić information content (AvgIpc) is 2.03. The normalized spacial score (nSPS) is 21.3. The van der Waals surface area contributed by atoms with Crippen LogP contribution in [0.15, 0.2) is 0 Å². The topological polar surface area (TPSA) is 46.4 Å². The fourth-order valence-electron chi connectivity index (χ4n) is 1.22. The average molecular weight is 143 g/mol. The van der Waals surface area contributed by atoms with Crippen LogP contribution in [0.2, 0.25) is 0 Å². The summed E-state index contributed by atoms with van der Waals surface area (Å²) in [6.45, 7) is 2.95. The van der Waals surface area contributed by atoms with Crippen LogP contribution in [0.3, 0.4) is 0 Å². The van der Waals surface area contributed by atoms with Gasteiger partial charge in [-0.1, -0.05) is 0 Å². The smallest absolute Gasteiger partial charge is 0.0556 e. The van der Waals surface area contributed by atoms with E-state index in [4.69, 9.17) is 5.11 Å². The first-order valence-corrected chi connectivity index (χ1v) is 3.91. The lowest BCUT2D eigenvalue weighted by atomic mass is 10.1. The van der Waals surface area contributed by atoms with Gasteiger partial charge < -0.3 is 10.4 Å². The van der Waals surface area contributed by atoms with E-state index in [1.54, 1.807) is 0 Å². The third kappa shape index (κ3) is 2.64. The van der Waals surface area contributed by atoms with E-state index >= 15 is 0 Å². The van der Waals surface area contributed by atoms with Gasteiger partial charge in [-0.25, -0.2) is 5.32 Å². The van der Waals surface area contributed by atoms with Crippen LogP contribution in [-0.4, -0.2) is 37.4 Å². The maximum atomic E-state index is 8.51. The Bertz CT molecular complexity index is 81.7. The van der Waals surface area contributed by atoms with Crippen molar-refractivity contribution >= 4 is 0 Å². The summed E-state index contributed by atoms with van der Waals surface area (Å²) in [4.78, 5) is 0. The molecule has 3 heteroatoms. The number of aliphatic hydroxyl groups excluding tert-OH is 1. The van der Waals surface area contributed by atoms with Crippen molar-refractivity contribution in [2.75, 3.05) is 26.2 Å². The Labute approximate surface area is 61.8 Å². The van der Waals surface area contributed by atoms with Gasteiger partial charge in [0, 0.05) is 25.7 Å². The summed E-state index contributed by atoms with van der Waals surface area (Å²) in [6, 6.07) is 0.602. The number of hydrogen-bond acceptors (Lipinski definition) is 2. The lowest BCUT2D eigenvalue weighted by Gasteiger charge is -2.22. The van der Waals surface area contributed by atoms with Gasteiger partial charge in [-0.05, 0) is 12.8 Å². The number of hydrogen-bond donors (Lipinski definition) is 2. The maximum absolute atomic E-state index is 8.51. The minimum Gasteiger partial charge on any atom is -0.395 e. The van der Waals surface area contributed by atoms with E-state index in [0.717, 1.165) is 32.5 Å². The predicted molar refractivity (Wildman–Crippen MR) is 40.0 cm³/mol. The number of piperidine rings is 1. The molecule has 1 rings (SSSR count). The van der Waals surface area contributed by atoms with Crippen molar-refractivity contribution in [2.24, 2.45) is 0 Å². The molecule has 0 atom stereocenters. The number of nitrogens with one attached hydrogen (secondary N) is 1. The molecule has 0 aliphatic carbocycles. The second-order valence-electron chi connectivity index (χ2n) is 2.62. The van der Waals surface area contributed by atoms with Gasteiger partial charge >= 0.3 is 0 Å². The predicted octanol–water partition coefficient (Wildman–Crippen LogP) is -0.665. The largest absolute Gasteiger partial charge is 0.395 e. The quantitative estimate of drug-likeness (QED) is 0.550. The SMILES string of the molecule is OCCNC1CC[N]CC1. The molecule has 1 heterocycles. The molecule has 0 saturated carbocycles. The van der Waals surface area contributed by atoms with Crippen LogP contribution < -0.4 is 10.6 Å². The first kappa shape index (κ1) is 7.98. The minimum absolute atomic E-state index is 0.244. The summed E-state index contributed by atoms with van der Waals surface area (Å²) in [7, 11) is 0. The van der Waals surface area contributed by atoms with Crippen LogP contribution in [0.25, 0.3) is 0 Å². The molecule has 0 spiro atoms. The van der Waals surface area contributed by atoms with Gasteiger partial charge in [0.05, 0.1) is 6.61 Å². The Morgan fingerprint density at radius 3 is 2.70 bits per heavy atom. The standard InChI is InChI=1S/C7H15N2O/c10-6-5-9-7-1-3-8-4-2-7/h7,9-10H,1-6H2. The van der Waals surface area contributed by atoms with Crippen LogP contribution in [0.5, 0.6) is 0 Å². The van der Waals surface area contributed by atoms with Gasteiger partial charge in [0.2, 0.25) is 0 Å². The Morgan fingerprint density at radius 2 is 2.10 bits per heavy atom. The van der Waals surface area contributed by atoms with E-state index in [0.29, 0.717) is 6.04 Å². The number of aliphatic hydroxyl groups is 1. The van der Waals surface area contributed by atoms with E-state index in [1.807, 2.05) is 0 Å². The molecule has 0 bridgehead atoms. The van der Waals surface area contributed by atoms with Gasteiger partial charge in [0.15, 0.2) is 0 Å². The van der Waals surface area contributed by atoms with Crippen LogP contribution in [-0.2, 0) is 0 Å². The van der Waals surface area contributed by atoms with E-state index < -0.39 is 0 Å². The monoisotopic (exact) mass is 143 g/mol. The third-order valence-electron chi connectivity index (χ3n) is 1.82. The summed E-state index contributed by atoms with van der Waals surface area (Å²) in [5.74, 6) is 0. The highest BCUT2D eigenvalue weighted by Gasteiger charge is 2.11. The molecule has 0 aromatic carbocycles. The second-order valence-corrected chi connectivity index (χ2v) is 2.62. The summed E-state index contributed by atoms with van der Waals surface area (Å²) >= 11 is 0. The molecule has 1 fully saturated rings. The lowest BCUT2D eigenvalue weighted by molar-refractivity contribution is 0.273. The van der Waals surface area contributed by atoms with Crippen molar-refractivity contribution in [3.8, 4) is 0 Å². The van der Waals surface area contributed by atoms with Gasteiger partial charge in [-0.3, -0.25) is 0 Å². The highest BCUT2D eigenvalue weighted by Crippen LogP contribution is 2.01. The molecule has 10 heavy (non-hydrogen) atoms. The zero-order chi connectivity index (χ0) is 7.23. The Morgan fingerprint density at radius 1 is 1.40 bits per heavy atom. The fourth-order valence-corrected chi connectivity index (χ4v) is 1.22. The molecule has 0 aromatic rings. The van der Waals surface area contributed by atoms with Crippen molar-refractivity contribution in [1.82, 2.24) is 10.6 Å². The van der Waals surface area contributed by atoms with Gasteiger partial charge in [0.25, 0.3) is 0 Å². The highest BCUT2D eigenvalue weighted by atomic mass is 16.3. The first-order chi connectivity index (χ1) is 4.93. The van der Waals surface area contributed by atoms with Crippen molar-refractivity contribution in [3.63, 3.8) is 0 Å². The number of nitrogens with zero attached hydrogens (tertiary/aromatic N) is 1. The van der Waals surface area contributed by atoms with Crippen molar-refractivity contribution in [2.45, 2.75) is 18.9 Å². The van der Waals surface area contributed by atoms with Gasteiger partial charge in [-0.15, -0.1) is 0 Å². The fraction of sp³-hybridized carbons (Fsp3) is 1.00. The van der Waals surface area contributed by atoms with Crippen LogP contribution >= 0.6 is 0 Å². The maximum Gasteiger partial charge on any atom is 0.0556 e. The Balaban J connectivity index is 2.02. The summed E-state index contributed by atoms with van der Waals surface area (Å²) < 4.78 is 0. The van der Waals surface area contributed by atoms with E-state index in [2.05, 4.69) is 10.6 Å². The molecule has 1 radical (unpaired) electrons. The summed E-state index contributed by atoms with van der Waals surface area (Å²) in [5.41, 5.74) is 0. The van der Waals surface area contributed by atoms with E-state index in [-0.39, 0.29) is 6.61 Å². The molecule has 0 amide bonds. The van der Waals surface area contributed by atoms with Crippen LogP contribution in [0.1, 0.15) is 12.8 Å². The molecule has 1 aliphatic rings. The molecular weight excluding hydrogens is 128 g/mol.